The highest BCUT2D eigenvalue weighted by atomic mass is 35.5. The molecule has 1 saturated heterocycles. The molecule has 0 saturated carbocycles. The number of hydrogen-bond donors (Lipinski definition) is 1. The van der Waals surface area contributed by atoms with Crippen molar-refractivity contribution in [3.8, 4) is 0 Å². The molecule has 3 aromatic rings. The lowest BCUT2D eigenvalue weighted by molar-refractivity contribution is 0.615. The zero-order chi connectivity index (χ0) is 20.7. The number of imidazole rings is 1. The van der Waals surface area contributed by atoms with Gasteiger partial charge in [0.05, 0.1) is 6.54 Å². The average molecular weight is 417 g/mol. The molecule has 0 bridgehead atoms. The highest BCUT2D eigenvalue weighted by Gasteiger charge is 2.25. The van der Waals surface area contributed by atoms with E-state index in [9.17, 15) is 9.59 Å². The summed E-state index contributed by atoms with van der Waals surface area (Å²) in [5.74, 6) is 0.649. The molecule has 29 heavy (non-hydrogen) atoms. The van der Waals surface area contributed by atoms with E-state index in [0.717, 1.165) is 35.9 Å². The number of halogens is 1. The van der Waals surface area contributed by atoms with E-state index in [1.807, 2.05) is 28.8 Å². The Morgan fingerprint density at radius 1 is 1.17 bits per heavy atom. The minimum atomic E-state index is -0.399. The number of fused-ring (bicyclic) bond motifs is 1. The first-order valence-electron chi connectivity index (χ1n) is 9.78. The fourth-order valence-corrected chi connectivity index (χ4v) is 4.18. The van der Waals surface area contributed by atoms with Crippen molar-refractivity contribution < 1.29 is 0 Å². The van der Waals surface area contributed by atoms with Gasteiger partial charge in [0.2, 0.25) is 5.95 Å². The maximum Gasteiger partial charge on any atom is 0.332 e. The number of nitrogens with two attached hydrogens (primary N) is 1. The summed E-state index contributed by atoms with van der Waals surface area (Å²) < 4.78 is 4.41. The van der Waals surface area contributed by atoms with Gasteiger partial charge in [0.25, 0.3) is 5.56 Å². The zero-order valence-corrected chi connectivity index (χ0v) is 17.4. The zero-order valence-electron chi connectivity index (χ0n) is 16.6. The van der Waals surface area contributed by atoms with Crippen LogP contribution in [0.2, 0.25) is 5.02 Å². The van der Waals surface area contributed by atoms with Crippen LogP contribution in [0.1, 0.15) is 24.8 Å². The van der Waals surface area contributed by atoms with E-state index in [0.29, 0.717) is 35.2 Å². The first kappa shape index (κ1) is 19.7. The molecule has 0 aliphatic carbocycles. The molecule has 154 valence electrons. The predicted molar refractivity (Wildman–Crippen MR) is 115 cm³/mol. The number of rotatable bonds is 3. The lowest BCUT2D eigenvalue weighted by atomic mass is 10.2. The second-order valence-electron chi connectivity index (χ2n) is 7.67. The van der Waals surface area contributed by atoms with Crippen molar-refractivity contribution in [2.24, 2.45) is 19.8 Å². The maximum absolute atomic E-state index is 13.0. The van der Waals surface area contributed by atoms with Crippen LogP contribution in [0.3, 0.4) is 0 Å². The van der Waals surface area contributed by atoms with Gasteiger partial charge in [-0.1, -0.05) is 36.2 Å². The third-order valence-corrected chi connectivity index (χ3v) is 5.97. The monoisotopic (exact) mass is 416 g/mol. The fourth-order valence-electron chi connectivity index (χ4n) is 3.98. The highest BCUT2D eigenvalue weighted by Crippen LogP contribution is 2.25. The van der Waals surface area contributed by atoms with Crippen molar-refractivity contribution in [2.75, 3.05) is 18.0 Å². The van der Waals surface area contributed by atoms with Crippen molar-refractivity contribution in [1.82, 2.24) is 18.7 Å². The molecule has 1 aliphatic heterocycles. The molecular weight excluding hydrogens is 392 g/mol. The van der Waals surface area contributed by atoms with Crippen molar-refractivity contribution in [1.29, 1.82) is 0 Å². The third kappa shape index (κ3) is 3.47. The molecular formula is C20H25ClN6O2. The Balaban J connectivity index is 1.97. The number of anilines is 1. The van der Waals surface area contributed by atoms with Gasteiger partial charge in [-0.25, -0.2) is 4.79 Å². The van der Waals surface area contributed by atoms with Gasteiger partial charge in [-0.3, -0.25) is 18.5 Å². The van der Waals surface area contributed by atoms with Gasteiger partial charge in [0, 0.05) is 38.2 Å². The summed E-state index contributed by atoms with van der Waals surface area (Å²) >= 11 is 6.40. The molecule has 4 rings (SSSR count). The van der Waals surface area contributed by atoms with Crippen molar-refractivity contribution >= 4 is 28.7 Å². The second kappa shape index (κ2) is 7.68. The molecule has 1 unspecified atom stereocenters. The fraction of sp³-hybridized carbons (Fsp3) is 0.450. The van der Waals surface area contributed by atoms with E-state index < -0.39 is 5.69 Å². The second-order valence-corrected chi connectivity index (χ2v) is 8.08. The molecule has 0 spiro atoms. The molecule has 3 heterocycles. The van der Waals surface area contributed by atoms with E-state index in [4.69, 9.17) is 22.3 Å². The molecule has 0 radical (unpaired) electrons. The summed E-state index contributed by atoms with van der Waals surface area (Å²) in [5, 5.41) is 0.620. The molecule has 9 heteroatoms. The Kier molecular flexibility index (Phi) is 5.23. The Hall–Kier alpha value is -2.58. The summed E-state index contributed by atoms with van der Waals surface area (Å²) in [4.78, 5) is 32.3. The smallest absolute Gasteiger partial charge is 0.332 e. The first-order valence-corrected chi connectivity index (χ1v) is 10.2. The maximum atomic E-state index is 13.0. The Bertz CT molecular complexity index is 1180. The summed E-state index contributed by atoms with van der Waals surface area (Å²) in [7, 11) is 3.12. The summed E-state index contributed by atoms with van der Waals surface area (Å²) in [6.07, 6.45) is 3.02. The normalized spacial score (nSPS) is 17.7. The Morgan fingerprint density at radius 2 is 1.93 bits per heavy atom. The third-order valence-electron chi connectivity index (χ3n) is 5.60. The minimum Gasteiger partial charge on any atom is -0.341 e. The highest BCUT2D eigenvalue weighted by molar-refractivity contribution is 6.31. The number of benzene rings is 1. The van der Waals surface area contributed by atoms with Crippen LogP contribution in [0.25, 0.3) is 11.2 Å². The summed E-state index contributed by atoms with van der Waals surface area (Å²) in [6, 6.07) is 7.58. The molecule has 2 aromatic heterocycles. The number of aryl methyl sites for hydroxylation is 1. The van der Waals surface area contributed by atoms with E-state index in [-0.39, 0.29) is 11.6 Å². The SMILES string of the molecule is Cn1c(=O)c2c(nc(N3CCCCC(N)C3)n2Cc2ccccc2Cl)n(C)c1=O. The predicted octanol–water partition coefficient (Wildman–Crippen LogP) is 1.45. The first-order chi connectivity index (χ1) is 13.9. The average Bonchev–Trinajstić information content (AvgIpc) is 2.94. The van der Waals surface area contributed by atoms with Gasteiger partial charge in [-0.15, -0.1) is 0 Å². The Labute approximate surface area is 173 Å². The lowest BCUT2D eigenvalue weighted by Gasteiger charge is -2.24. The van der Waals surface area contributed by atoms with Gasteiger partial charge >= 0.3 is 5.69 Å². The van der Waals surface area contributed by atoms with Gasteiger partial charge in [0.15, 0.2) is 11.2 Å². The van der Waals surface area contributed by atoms with E-state index in [2.05, 4.69) is 4.90 Å². The molecule has 1 atom stereocenters. The summed E-state index contributed by atoms with van der Waals surface area (Å²) in [5.41, 5.74) is 7.15. The van der Waals surface area contributed by atoms with Crippen molar-refractivity contribution in [2.45, 2.75) is 31.8 Å². The van der Waals surface area contributed by atoms with Crippen molar-refractivity contribution in [3.05, 3.63) is 55.7 Å². The van der Waals surface area contributed by atoms with Crippen LogP contribution >= 0.6 is 11.6 Å². The van der Waals surface area contributed by atoms with E-state index >= 15 is 0 Å². The van der Waals surface area contributed by atoms with Gasteiger partial charge in [0.1, 0.15) is 0 Å². The van der Waals surface area contributed by atoms with Crippen molar-refractivity contribution in [3.63, 3.8) is 0 Å². The quantitative estimate of drug-likeness (QED) is 0.697. The van der Waals surface area contributed by atoms with E-state index in [1.54, 1.807) is 7.05 Å². The summed E-state index contributed by atoms with van der Waals surface area (Å²) in [6.45, 7) is 1.83. The molecule has 1 aliphatic rings. The van der Waals surface area contributed by atoms with Crippen LogP contribution in [0, 0.1) is 0 Å². The minimum absolute atomic E-state index is 0.0396. The number of aromatic nitrogens is 4. The van der Waals surface area contributed by atoms with Crippen LogP contribution in [-0.4, -0.2) is 37.8 Å². The molecule has 1 aromatic carbocycles. The van der Waals surface area contributed by atoms with Gasteiger partial charge in [-0.05, 0) is 24.5 Å². The molecule has 2 N–H and O–H groups in total. The van der Waals surface area contributed by atoms with Gasteiger partial charge < -0.3 is 10.6 Å². The lowest BCUT2D eigenvalue weighted by Crippen LogP contribution is -2.38. The number of nitrogens with zero attached hydrogens (tertiary/aromatic N) is 5. The molecule has 8 nitrogen and oxygen atoms in total. The van der Waals surface area contributed by atoms with Gasteiger partial charge in [-0.2, -0.15) is 4.98 Å². The van der Waals surface area contributed by atoms with Crippen LogP contribution in [-0.2, 0) is 20.6 Å². The molecule has 0 amide bonds. The van der Waals surface area contributed by atoms with Crippen LogP contribution in [0.5, 0.6) is 0 Å². The molecule has 1 fully saturated rings. The van der Waals surface area contributed by atoms with E-state index in [1.165, 1.54) is 11.6 Å². The van der Waals surface area contributed by atoms with Crippen LogP contribution < -0.4 is 21.9 Å². The number of hydrogen-bond acceptors (Lipinski definition) is 5. The topological polar surface area (TPSA) is 91.1 Å². The largest absolute Gasteiger partial charge is 0.341 e. The Morgan fingerprint density at radius 3 is 2.69 bits per heavy atom. The van der Waals surface area contributed by atoms with Crippen LogP contribution in [0.4, 0.5) is 5.95 Å². The standard InChI is InChI=1S/C20H25ClN6O2/c1-24-17-16(18(28)25(2)20(24)29)27(11-13-7-3-4-9-15(13)21)19(23-17)26-10-6-5-8-14(22)12-26/h3-4,7,9,14H,5-6,8,10-12,22H2,1-2H3. The van der Waals surface area contributed by atoms with Crippen LogP contribution in [0.15, 0.2) is 33.9 Å².